The summed E-state index contributed by atoms with van der Waals surface area (Å²) in [6, 6.07) is 18.2. The van der Waals surface area contributed by atoms with Crippen LogP contribution in [0.5, 0.6) is 0 Å². The number of carbonyl (C=O) groups excluding carboxylic acids is 2. The maximum Gasteiger partial charge on any atom is 0.234 e. The number of likely N-dealkylation sites (tertiary alicyclic amines) is 1. The van der Waals surface area contributed by atoms with Crippen LogP contribution in [0.25, 0.3) is 11.3 Å². The monoisotopic (exact) mass is 385 g/mol. The van der Waals surface area contributed by atoms with Crippen molar-refractivity contribution in [2.45, 2.75) is 25.3 Å². The number of hydrogen-bond donors (Lipinski definition) is 0. The molecule has 2 aliphatic rings. The molecule has 3 aromatic rings. The Labute approximate surface area is 170 Å². The van der Waals surface area contributed by atoms with Crippen LogP contribution in [0.2, 0.25) is 0 Å². The van der Waals surface area contributed by atoms with E-state index in [-0.39, 0.29) is 17.7 Å². The number of nitrogens with zero attached hydrogens (tertiary/aromatic N) is 3. The van der Waals surface area contributed by atoms with E-state index in [1.54, 1.807) is 4.57 Å². The Kier molecular flexibility index (Phi) is 4.31. The lowest BCUT2D eigenvalue weighted by Crippen LogP contribution is -2.33. The molecule has 5 nitrogen and oxygen atoms in total. The van der Waals surface area contributed by atoms with E-state index in [4.69, 9.17) is 0 Å². The van der Waals surface area contributed by atoms with Crippen molar-refractivity contribution >= 4 is 11.7 Å². The zero-order valence-corrected chi connectivity index (χ0v) is 16.4. The second kappa shape index (κ2) is 6.99. The van der Waals surface area contributed by atoms with Gasteiger partial charge in [-0.3, -0.25) is 9.59 Å². The van der Waals surface area contributed by atoms with Gasteiger partial charge in [-0.15, -0.1) is 0 Å². The molecule has 1 aromatic heterocycles. The van der Waals surface area contributed by atoms with Crippen molar-refractivity contribution in [1.29, 1.82) is 0 Å². The van der Waals surface area contributed by atoms with Crippen molar-refractivity contribution < 1.29 is 9.59 Å². The van der Waals surface area contributed by atoms with E-state index in [2.05, 4.69) is 17.1 Å². The Hall–Kier alpha value is -3.21. The van der Waals surface area contributed by atoms with Crippen LogP contribution < -0.4 is 0 Å². The van der Waals surface area contributed by atoms with Gasteiger partial charge < -0.3 is 9.47 Å². The van der Waals surface area contributed by atoms with Crippen LogP contribution in [0.1, 0.15) is 40.6 Å². The standard InChI is InChI=1S/C24H23N3O2/c1-26-15-20(17-8-3-2-4-9-17)25-23(26)22(28)19-13-14-27(24(19)29)21-12-11-16-7-5-6-10-18(16)21/h2-10,15,19,21H,11-14H2,1H3. The SMILES string of the molecule is Cn1cc(-c2ccccc2)nc1C(=O)C1CCN(C2CCc3ccccc32)C1=O. The molecule has 29 heavy (non-hydrogen) atoms. The van der Waals surface area contributed by atoms with Crippen molar-refractivity contribution in [3.63, 3.8) is 0 Å². The van der Waals surface area contributed by atoms with Crippen LogP contribution in [0.15, 0.2) is 60.8 Å². The lowest BCUT2D eigenvalue weighted by molar-refractivity contribution is -0.131. The molecule has 1 amide bonds. The summed E-state index contributed by atoms with van der Waals surface area (Å²) >= 11 is 0. The first-order valence-corrected chi connectivity index (χ1v) is 10.1. The molecule has 0 saturated carbocycles. The Bertz CT molecular complexity index is 1090. The van der Waals surface area contributed by atoms with Crippen LogP contribution in [-0.4, -0.2) is 32.7 Å². The molecule has 5 heteroatoms. The minimum absolute atomic E-state index is 0.0547. The van der Waals surface area contributed by atoms with E-state index < -0.39 is 5.92 Å². The molecular weight excluding hydrogens is 362 g/mol. The zero-order valence-electron chi connectivity index (χ0n) is 16.4. The number of rotatable bonds is 4. The Morgan fingerprint density at radius 2 is 1.79 bits per heavy atom. The van der Waals surface area contributed by atoms with Gasteiger partial charge in [-0.05, 0) is 30.4 Å². The van der Waals surface area contributed by atoms with Gasteiger partial charge >= 0.3 is 0 Å². The smallest absolute Gasteiger partial charge is 0.234 e. The highest BCUT2D eigenvalue weighted by molar-refractivity contribution is 6.09. The molecule has 0 N–H and O–H groups in total. The lowest BCUT2D eigenvalue weighted by Gasteiger charge is -2.25. The van der Waals surface area contributed by atoms with E-state index in [0.29, 0.717) is 18.8 Å². The Balaban J connectivity index is 1.38. The van der Waals surface area contributed by atoms with E-state index >= 15 is 0 Å². The summed E-state index contributed by atoms with van der Waals surface area (Å²) in [5.74, 6) is -0.502. The van der Waals surface area contributed by atoms with Crippen molar-refractivity contribution in [2.24, 2.45) is 13.0 Å². The van der Waals surface area contributed by atoms with Crippen LogP contribution in [0.3, 0.4) is 0 Å². The number of aryl methyl sites for hydroxylation is 2. The summed E-state index contributed by atoms with van der Waals surface area (Å²) in [6.07, 6.45) is 4.34. The first kappa shape index (κ1) is 17.9. The molecule has 0 spiro atoms. The van der Waals surface area contributed by atoms with Crippen LogP contribution in [-0.2, 0) is 18.3 Å². The number of Topliss-reactive ketones (excluding diaryl/α,β-unsaturated/α-hetero) is 1. The topological polar surface area (TPSA) is 55.2 Å². The number of ketones is 1. The van der Waals surface area contributed by atoms with E-state index in [1.165, 1.54) is 11.1 Å². The molecule has 2 atom stereocenters. The van der Waals surface area contributed by atoms with Crippen molar-refractivity contribution in [3.8, 4) is 11.3 Å². The van der Waals surface area contributed by atoms with Crippen molar-refractivity contribution in [2.75, 3.05) is 6.54 Å². The molecule has 2 heterocycles. The predicted molar refractivity (Wildman–Crippen MR) is 110 cm³/mol. The maximum absolute atomic E-state index is 13.2. The number of carbonyl (C=O) groups is 2. The van der Waals surface area contributed by atoms with Gasteiger partial charge in [0.15, 0.2) is 5.82 Å². The minimum atomic E-state index is -0.632. The quantitative estimate of drug-likeness (QED) is 0.507. The first-order chi connectivity index (χ1) is 14.1. The number of imidazole rings is 1. The van der Waals surface area contributed by atoms with E-state index in [0.717, 1.165) is 24.1 Å². The highest BCUT2D eigenvalue weighted by atomic mass is 16.2. The third kappa shape index (κ3) is 2.97. The number of fused-ring (bicyclic) bond motifs is 1. The second-order valence-corrected chi connectivity index (χ2v) is 7.92. The zero-order chi connectivity index (χ0) is 20.0. The molecule has 146 valence electrons. The summed E-state index contributed by atoms with van der Waals surface area (Å²) in [5, 5.41) is 0. The molecule has 1 fully saturated rings. The molecule has 0 bridgehead atoms. The van der Waals surface area contributed by atoms with Crippen LogP contribution in [0, 0.1) is 5.92 Å². The largest absolute Gasteiger partial charge is 0.335 e. The van der Waals surface area contributed by atoms with Crippen LogP contribution >= 0.6 is 0 Å². The molecule has 2 aromatic carbocycles. The highest BCUT2D eigenvalue weighted by Crippen LogP contribution is 2.39. The van der Waals surface area contributed by atoms with E-state index in [1.807, 2.05) is 60.6 Å². The van der Waals surface area contributed by atoms with Crippen LogP contribution in [0.4, 0.5) is 0 Å². The summed E-state index contributed by atoms with van der Waals surface area (Å²) < 4.78 is 1.74. The summed E-state index contributed by atoms with van der Waals surface area (Å²) in [7, 11) is 1.82. The predicted octanol–water partition coefficient (Wildman–Crippen LogP) is 3.81. The molecule has 1 aliphatic heterocycles. The van der Waals surface area contributed by atoms with Gasteiger partial charge in [0, 0.05) is 25.4 Å². The fourth-order valence-electron chi connectivity index (χ4n) is 4.71. The number of amides is 1. The second-order valence-electron chi connectivity index (χ2n) is 7.92. The number of hydrogen-bond acceptors (Lipinski definition) is 3. The number of aromatic nitrogens is 2. The van der Waals surface area contributed by atoms with Gasteiger partial charge in [0.2, 0.25) is 11.7 Å². The van der Waals surface area contributed by atoms with Gasteiger partial charge in [0.25, 0.3) is 0 Å². The van der Waals surface area contributed by atoms with Gasteiger partial charge in [0.1, 0.15) is 5.92 Å². The maximum atomic E-state index is 13.2. The molecule has 1 aliphatic carbocycles. The average Bonchev–Trinajstić information content (AvgIpc) is 3.45. The Morgan fingerprint density at radius 3 is 2.62 bits per heavy atom. The fraction of sp³-hybridized carbons (Fsp3) is 0.292. The van der Waals surface area contributed by atoms with Gasteiger partial charge in [0.05, 0.1) is 11.7 Å². The van der Waals surface area contributed by atoms with Gasteiger partial charge in [-0.1, -0.05) is 54.6 Å². The molecule has 2 unspecified atom stereocenters. The minimum Gasteiger partial charge on any atom is -0.335 e. The Morgan fingerprint density at radius 1 is 1.03 bits per heavy atom. The third-order valence-electron chi connectivity index (χ3n) is 6.20. The fourth-order valence-corrected chi connectivity index (χ4v) is 4.71. The average molecular weight is 385 g/mol. The van der Waals surface area contributed by atoms with Gasteiger partial charge in [-0.2, -0.15) is 0 Å². The van der Waals surface area contributed by atoms with Gasteiger partial charge in [-0.25, -0.2) is 4.98 Å². The summed E-state index contributed by atoms with van der Waals surface area (Å²) in [4.78, 5) is 32.8. The summed E-state index contributed by atoms with van der Waals surface area (Å²) in [6.45, 7) is 0.629. The molecule has 1 saturated heterocycles. The first-order valence-electron chi connectivity index (χ1n) is 10.1. The van der Waals surface area contributed by atoms with Crippen molar-refractivity contribution in [1.82, 2.24) is 14.5 Å². The number of benzene rings is 2. The highest BCUT2D eigenvalue weighted by Gasteiger charge is 2.43. The molecule has 5 rings (SSSR count). The molecule has 0 radical (unpaired) electrons. The molecular formula is C24H23N3O2. The lowest BCUT2D eigenvalue weighted by atomic mass is 10.0. The normalized spacial score (nSPS) is 20.9. The summed E-state index contributed by atoms with van der Waals surface area (Å²) in [5.41, 5.74) is 4.27. The van der Waals surface area contributed by atoms with E-state index in [9.17, 15) is 9.59 Å². The van der Waals surface area contributed by atoms with Crippen molar-refractivity contribution in [3.05, 3.63) is 77.7 Å². The third-order valence-corrected chi connectivity index (χ3v) is 6.20.